The second kappa shape index (κ2) is 2.63. The van der Waals surface area contributed by atoms with E-state index in [0.717, 1.165) is 12.8 Å². The van der Waals surface area contributed by atoms with E-state index < -0.39 is 0 Å². The van der Waals surface area contributed by atoms with Crippen LogP contribution in [0.25, 0.3) is 0 Å². The van der Waals surface area contributed by atoms with Gasteiger partial charge < -0.3 is 10.1 Å². The molecule has 2 nitrogen and oxygen atoms in total. The minimum absolute atomic E-state index is 0.304. The highest BCUT2D eigenvalue weighted by Crippen LogP contribution is 2.66. The van der Waals surface area contributed by atoms with Crippen LogP contribution in [0, 0.1) is 5.41 Å². The molecule has 2 saturated carbocycles. The number of nitrogens with one attached hydrogen (secondary N) is 1. The lowest BCUT2D eigenvalue weighted by Gasteiger charge is -2.15. The molecule has 1 unspecified atom stereocenters. The van der Waals surface area contributed by atoms with Crippen molar-refractivity contribution >= 4 is 0 Å². The molecule has 14 heavy (non-hydrogen) atoms. The van der Waals surface area contributed by atoms with Gasteiger partial charge in [0.2, 0.25) is 0 Å². The molecule has 1 atom stereocenters. The second-order valence-corrected chi connectivity index (χ2v) is 5.07. The van der Waals surface area contributed by atoms with Crippen LogP contribution in [0.15, 0.2) is 18.3 Å². The molecule has 0 aliphatic heterocycles. The zero-order valence-electron chi connectivity index (χ0n) is 8.42. The standard InChI is InChI=1S/C12H17NO/c14-12(8-10-4-3-7-13-10)9-11(12)5-1-2-6-11/h3-4,7,13-14H,1-2,5-6,8-9H2. The van der Waals surface area contributed by atoms with E-state index in [1.165, 1.54) is 31.4 Å². The van der Waals surface area contributed by atoms with Gasteiger partial charge in [0.15, 0.2) is 0 Å². The molecule has 0 saturated heterocycles. The van der Waals surface area contributed by atoms with Gasteiger partial charge in [-0.15, -0.1) is 0 Å². The van der Waals surface area contributed by atoms with Crippen molar-refractivity contribution in [3.05, 3.63) is 24.0 Å². The number of aliphatic hydroxyl groups is 1. The van der Waals surface area contributed by atoms with Crippen LogP contribution in [0.4, 0.5) is 0 Å². The number of hydrogen-bond donors (Lipinski definition) is 2. The number of H-pyrrole nitrogens is 1. The number of rotatable bonds is 2. The molecule has 1 aromatic rings. The molecule has 2 aliphatic rings. The van der Waals surface area contributed by atoms with Gasteiger partial charge in [0.05, 0.1) is 5.60 Å². The topological polar surface area (TPSA) is 36.0 Å². The van der Waals surface area contributed by atoms with E-state index in [-0.39, 0.29) is 5.60 Å². The first-order valence-corrected chi connectivity index (χ1v) is 5.59. The summed E-state index contributed by atoms with van der Waals surface area (Å²) in [5, 5.41) is 10.4. The minimum Gasteiger partial charge on any atom is -0.389 e. The van der Waals surface area contributed by atoms with Crippen molar-refractivity contribution in [2.24, 2.45) is 5.41 Å². The third kappa shape index (κ3) is 1.07. The van der Waals surface area contributed by atoms with Crippen LogP contribution in [-0.4, -0.2) is 15.7 Å². The van der Waals surface area contributed by atoms with Crippen LogP contribution in [0.2, 0.25) is 0 Å². The van der Waals surface area contributed by atoms with E-state index >= 15 is 0 Å². The summed E-state index contributed by atoms with van der Waals surface area (Å²) in [7, 11) is 0. The van der Waals surface area contributed by atoms with Crippen LogP contribution >= 0.6 is 0 Å². The molecule has 0 aromatic carbocycles. The van der Waals surface area contributed by atoms with Crippen molar-refractivity contribution in [3.8, 4) is 0 Å². The fourth-order valence-electron chi connectivity index (χ4n) is 3.25. The van der Waals surface area contributed by atoms with Crippen molar-refractivity contribution in [1.29, 1.82) is 0 Å². The van der Waals surface area contributed by atoms with Crippen LogP contribution in [0.5, 0.6) is 0 Å². The Labute approximate surface area is 84.3 Å². The third-order valence-electron chi connectivity index (χ3n) is 4.20. The summed E-state index contributed by atoms with van der Waals surface area (Å²) >= 11 is 0. The first-order chi connectivity index (χ1) is 6.74. The maximum Gasteiger partial charge on any atom is 0.0765 e. The predicted octanol–water partition coefficient (Wildman–Crippen LogP) is 2.25. The Kier molecular flexibility index (Phi) is 1.61. The summed E-state index contributed by atoms with van der Waals surface area (Å²) in [6.45, 7) is 0. The maximum absolute atomic E-state index is 10.4. The highest BCUT2D eigenvalue weighted by atomic mass is 16.3. The van der Waals surface area contributed by atoms with Crippen molar-refractivity contribution in [2.45, 2.75) is 44.1 Å². The van der Waals surface area contributed by atoms with Gasteiger partial charge in [-0.2, -0.15) is 0 Å². The van der Waals surface area contributed by atoms with Crippen LogP contribution < -0.4 is 0 Å². The summed E-state index contributed by atoms with van der Waals surface area (Å²) < 4.78 is 0. The zero-order chi connectivity index (χ0) is 9.65. The summed E-state index contributed by atoms with van der Waals surface area (Å²) in [5.41, 5.74) is 1.10. The summed E-state index contributed by atoms with van der Waals surface area (Å²) in [4.78, 5) is 3.18. The molecule has 1 aromatic heterocycles. The molecule has 2 aliphatic carbocycles. The summed E-state index contributed by atoms with van der Waals surface area (Å²) in [6.07, 6.45) is 8.88. The van der Waals surface area contributed by atoms with Crippen molar-refractivity contribution in [2.75, 3.05) is 0 Å². The SMILES string of the molecule is OC1(Cc2ccc[nH]2)CC12CCCC2. The van der Waals surface area contributed by atoms with Crippen LogP contribution in [0.1, 0.15) is 37.8 Å². The fraction of sp³-hybridized carbons (Fsp3) is 0.667. The molecule has 3 rings (SSSR count). The highest BCUT2D eigenvalue weighted by molar-refractivity contribution is 5.22. The Morgan fingerprint density at radius 3 is 2.79 bits per heavy atom. The number of hydrogen-bond acceptors (Lipinski definition) is 1. The van der Waals surface area contributed by atoms with E-state index in [0.29, 0.717) is 5.41 Å². The molecule has 0 radical (unpaired) electrons. The smallest absolute Gasteiger partial charge is 0.0765 e. The highest BCUT2D eigenvalue weighted by Gasteiger charge is 2.66. The number of aromatic nitrogens is 1. The normalized spacial score (nSPS) is 33.8. The van der Waals surface area contributed by atoms with Crippen molar-refractivity contribution in [3.63, 3.8) is 0 Å². The largest absolute Gasteiger partial charge is 0.389 e. The lowest BCUT2D eigenvalue weighted by molar-refractivity contribution is 0.0984. The van der Waals surface area contributed by atoms with Gasteiger partial charge in [0.25, 0.3) is 0 Å². The molecule has 1 heterocycles. The van der Waals surface area contributed by atoms with E-state index in [4.69, 9.17) is 0 Å². The Balaban J connectivity index is 1.75. The molecule has 0 amide bonds. The Morgan fingerprint density at radius 2 is 2.14 bits per heavy atom. The van der Waals surface area contributed by atoms with Crippen molar-refractivity contribution < 1.29 is 5.11 Å². The minimum atomic E-state index is -0.381. The Hall–Kier alpha value is -0.760. The summed E-state index contributed by atoms with van der Waals surface area (Å²) in [5.74, 6) is 0. The maximum atomic E-state index is 10.4. The van der Waals surface area contributed by atoms with Gasteiger partial charge in [-0.25, -0.2) is 0 Å². The first-order valence-electron chi connectivity index (χ1n) is 5.59. The zero-order valence-corrected chi connectivity index (χ0v) is 8.42. The van der Waals surface area contributed by atoms with Gasteiger partial charge in [0.1, 0.15) is 0 Å². The average molecular weight is 191 g/mol. The van der Waals surface area contributed by atoms with E-state index in [1.54, 1.807) is 0 Å². The van der Waals surface area contributed by atoms with Gasteiger partial charge in [-0.1, -0.05) is 12.8 Å². The van der Waals surface area contributed by atoms with Gasteiger partial charge in [0, 0.05) is 23.7 Å². The Morgan fingerprint density at radius 1 is 1.36 bits per heavy atom. The van der Waals surface area contributed by atoms with Crippen LogP contribution in [-0.2, 0) is 6.42 Å². The molecule has 2 fully saturated rings. The average Bonchev–Trinajstić information content (AvgIpc) is 2.65. The monoisotopic (exact) mass is 191 g/mol. The summed E-state index contributed by atoms with van der Waals surface area (Å²) in [6, 6.07) is 4.07. The molecule has 0 bridgehead atoms. The molecular formula is C12H17NO. The molecule has 2 heteroatoms. The molecule has 76 valence electrons. The Bertz CT molecular complexity index is 324. The molecule has 2 N–H and O–H groups in total. The molecular weight excluding hydrogens is 174 g/mol. The van der Waals surface area contributed by atoms with E-state index in [1.807, 2.05) is 12.3 Å². The van der Waals surface area contributed by atoms with Gasteiger partial charge >= 0.3 is 0 Å². The second-order valence-electron chi connectivity index (χ2n) is 5.07. The van der Waals surface area contributed by atoms with Gasteiger partial charge in [-0.3, -0.25) is 0 Å². The lowest BCUT2D eigenvalue weighted by atomic mass is 9.97. The fourth-order valence-corrected chi connectivity index (χ4v) is 3.25. The van der Waals surface area contributed by atoms with E-state index in [2.05, 4.69) is 11.1 Å². The first kappa shape index (κ1) is 8.54. The van der Waals surface area contributed by atoms with Crippen molar-refractivity contribution in [1.82, 2.24) is 4.98 Å². The quantitative estimate of drug-likeness (QED) is 0.739. The predicted molar refractivity (Wildman–Crippen MR) is 55.0 cm³/mol. The van der Waals surface area contributed by atoms with E-state index in [9.17, 15) is 5.11 Å². The van der Waals surface area contributed by atoms with Crippen LogP contribution in [0.3, 0.4) is 0 Å². The molecule has 1 spiro atoms. The number of aromatic amines is 1. The lowest BCUT2D eigenvalue weighted by Crippen LogP contribution is -2.21. The van der Waals surface area contributed by atoms with Gasteiger partial charge in [-0.05, 0) is 31.4 Å². The third-order valence-corrected chi connectivity index (χ3v) is 4.20.